The van der Waals surface area contributed by atoms with Crippen molar-refractivity contribution < 1.29 is 17.9 Å². The number of rotatable bonds is 7. The first-order valence-corrected chi connectivity index (χ1v) is 11.8. The highest BCUT2D eigenvalue weighted by Gasteiger charge is 2.34. The summed E-state index contributed by atoms with van der Waals surface area (Å²) in [4.78, 5) is 14.8. The van der Waals surface area contributed by atoms with Gasteiger partial charge in [-0.3, -0.25) is 4.79 Å². The third-order valence-corrected chi connectivity index (χ3v) is 7.06. The summed E-state index contributed by atoms with van der Waals surface area (Å²) in [7, 11) is -3.09. The monoisotopic (exact) mass is 415 g/mol. The van der Waals surface area contributed by atoms with Crippen LogP contribution < -0.4 is 4.74 Å². The number of nitrogens with zero attached hydrogens (tertiary/aromatic N) is 1. The van der Waals surface area contributed by atoms with Crippen molar-refractivity contribution in [3.8, 4) is 5.75 Å². The fourth-order valence-electron chi connectivity index (χ4n) is 3.69. The summed E-state index contributed by atoms with van der Waals surface area (Å²) in [6.45, 7) is 6.44. The molecule has 0 N–H and O–H groups in total. The van der Waals surface area contributed by atoms with Crippen molar-refractivity contribution in [2.75, 3.05) is 18.1 Å². The van der Waals surface area contributed by atoms with Gasteiger partial charge in [0, 0.05) is 12.6 Å². The highest BCUT2D eigenvalue weighted by Crippen LogP contribution is 2.28. The molecule has 1 saturated heterocycles. The Morgan fingerprint density at radius 3 is 2.52 bits per heavy atom. The Kier molecular flexibility index (Phi) is 6.63. The number of hydrogen-bond donors (Lipinski definition) is 0. The van der Waals surface area contributed by atoms with E-state index in [0.717, 1.165) is 16.7 Å². The van der Waals surface area contributed by atoms with Gasteiger partial charge < -0.3 is 9.64 Å². The highest BCUT2D eigenvalue weighted by atomic mass is 32.2. The quantitative estimate of drug-likeness (QED) is 0.692. The number of hydrogen-bond acceptors (Lipinski definition) is 4. The molecule has 2 aromatic carbocycles. The normalized spacial score (nSPS) is 18.0. The summed E-state index contributed by atoms with van der Waals surface area (Å²) in [6.07, 6.45) is 0.475. The molecule has 1 aliphatic rings. The number of carbonyl (C=O) groups excluding carboxylic acids is 1. The maximum Gasteiger partial charge on any atom is 0.261 e. The molecule has 0 unspecified atom stereocenters. The second-order valence-corrected chi connectivity index (χ2v) is 10.3. The van der Waals surface area contributed by atoms with Crippen LogP contribution >= 0.6 is 0 Å². The van der Waals surface area contributed by atoms with Crippen LogP contribution in [-0.4, -0.2) is 43.4 Å². The molecule has 3 rings (SSSR count). The molecule has 1 aliphatic heterocycles. The maximum absolute atomic E-state index is 13.1. The van der Waals surface area contributed by atoms with E-state index < -0.39 is 9.84 Å². The molecule has 5 nitrogen and oxygen atoms in total. The number of benzene rings is 2. The van der Waals surface area contributed by atoms with Gasteiger partial charge in [0.2, 0.25) is 0 Å². The molecule has 0 radical (unpaired) electrons. The lowest BCUT2D eigenvalue weighted by Gasteiger charge is -2.28. The van der Waals surface area contributed by atoms with Gasteiger partial charge in [-0.25, -0.2) is 8.42 Å². The molecule has 156 valence electrons. The number of aryl methyl sites for hydroxylation is 1. The summed E-state index contributed by atoms with van der Waals surface area (Å²) in [5.41, 5.74) is 3.10. The second-order valence-electron chi connectivity index (χ2n) is 8.05. The van der Waals surface area contributed by atoms with Crippen molar-refractivity contribution in [3.05, 3.63) is 65.2 Å². The molecule has 1 atom stereocenters. The van der Waals surface area contributed by atoms with E-state index in [1.54, 1.807) is 4.90 Å². The Bertz CT molecular complexity index is 954. The molecule has 0 bridgehead atoms. The fraction of sp³-hybridized carbons (Fsp3) is 0.435. The SMILES string of the molecule is Cc1ccc(C(C)C)c(OCC(=O)N(Cc2ccccc2)[C@H]2CCS(=O)(=O)C2)c1. The standard InChI is InChI=1S/C23H29NO4S/c1-17(2)21-10-9-18(3)13-22(21)28-15-23(25)24(14-19-7-5-4-6-8-19)20-11-12-29(26,27)16-20/h4-10,13,17,20H,11-12,14-16H2,1-3H3/t20-/m0/s1. The molecule has 0 spiro atoms. The zero-order valence-electron chi connectivity index (χ0n) is 17.3. The molecule has 0 aliphatic carbocycles. The van der Waals surface area contributed by atoms with E-state index in [2.05, 4.69) is 13.8 Å². The third kappa shape index (κ3) is 5.60. The Morgan fingerprint density at radius 2 is 1.90 bits per heavy atom. The minimum atomic E-state index is -3.09. The second kappa shape index (κ2) is 8.99. The first-order chi connectivity index (χ1) is 13.7. The van der Waals surface area contributed by atoms with Gasteiger partial charge in [0.25, 0.3) is 5.91 Å². The summed E-state index contributed by atoms with van der Waals surface area (Å²) in [5, 5.41) is 0. The molecule has 1 heterocycles. The molecule has 0 aromatic heterocycles. The predicted molar refractivity (Wildman–Crippen MR) is 115 cm³/mol. The summed E-state index contributed by atoms with van der Waals surface area (Å²) in [6, 6.07) is 15.4. The van der Waals surface area contributed by atoms with Crippen molar-refractivity contribution in [3.63, 3.8) is 0 Å². The van der Waals surface area contributed by atoms with Gasteiger partial charge in [0.15, 0.2) is 16.4 Å². The van der Waals surface area contributed by atoms with Gasteiger partial charge >= 0.3 is 0 Å². The molecule has 1 amide bonds. The van der Waals surface area contributed by atoms with Crippen LogP contribution in [0.5, 0.6) is 5.75 Å². The van der Waals surface area contributed by atoms with Gasteiger partial charge in [0.1, 0.15) is 5.75 Å². The van der Waals surface area contributed by atoms with Gasteiger partial charge in [-0.2, -0.15) is 0 Å². The molecular weight excluding hydrogens is 386 g/mol. The molecule has 29 heavy (non-hydrogen) atoms. The van der Waals surface area contributed by atoms with E-state index in [-0.39, 0.29) is 36.0 Å². The number of carbonyl (C=O) groups is 1. The summed E-state index contributed by atoms with van der Waals surface area (Å²) >= 11 is 0. The van der Waals surface area contributed by atoms with Crippen LogP contribution in [0, 0.1) is 6.92 Å². The van der Waals surface area contributed by atoms with Crippen LogP contribution in [0.4, 0.5) is 0 Å². The number of amides is 1. The molecule has 2 aromatic rings. The van der Waals surface area contributed by atoms with E-state index in [0.29, 0.717) is 18.7 Å². The molecule has 6 heteroatoms. The molecule has 0 saturated carbocycles. The van der Waals surface area contributed by atoms with E-state index >= 15 is 0 Å². The van der Waals surface area contributed by atoms with Crippen LogP contribution in [0.3, 0.4) is 0 Å². The van der Waals surface area contributed by atoms with E-state index in [1.807, 2.05) is 55.5 Å². The van der Waals surface area contributed by atoms with E-state index in [9.17, 15) is 13.2 Å². The van der Waals surface area contributed by atoms with E-state index in [1.165, 1.54) is 0 Å². The minimum Gasteiger partial charge on any atom is -0.483 e. The zero-order valence-corrected chi connectivity index (χ0v) is 18.1. The van der Waals surface area contributed by atoms with Gasteiger partial charge in [-0.05, 0) is 42.0 Å². The molecule has 1 fully saturated rings. The first kappa shape index (κ1) is 21.4. The zero-order chi connectivity index (χ0) is 21.0. The van der Waals surface area contributed by atoms with Crippen LogP contribution in [0.2, 0.25) is 0 Å². The minimum absolute atomic E-state index is 0.0211. The van der Waals surface area contributed by atoms with Crippen LogP contribution in [0.25, 0.3) is 0 Å². The van der Waals surface area contributed by atoms with Crippen molar-refractivity contribution >= 4 is 15.7 Å². The first-order valence-electron chi connectivity index (χ1n) is 10.0. The van der Waals surface area contributed by atoms with Crippen molar-refractivity contribution in [2.45, 2.75) is 45.7 Å². The Labute approximate surface area is 173 Å². The van der Waals surface area contributed by atoms with E-state index in [4.69, 9.17) is 4.74 Å². The Morgan fingerprint density at radius 1 is 1.17 bits per heavy atom. The lowest BCUT2D eigenvalue weighted by atomic mass is 10.0. The Hall–Kier alpha value is -2.34. The number of sulfone groups is 1. The third-order valence-electron chi connectivity index (χ3n) is 5.31. The summed E-state index contributed by atoms with van der Waals surface area (Å²) < 4.78 is 29.9. The van der Waals surface area contributed by atoms with Crippen LogP contribution in [0.1, 0.15) is 42.9 Å². The largest absolute Gasteiger partial charge is 0.483 e. The number of ether oxygens (including phenoxy) is 1. The van der Waals surface area contributed by atoms with Gasteiger partial charge in [-0.15, -0.1) is 0 Å². The smallest absolute Gasteiger partial charge is 0.261 e. The van der Waals surface area contributed by atoms with Gasteiger partial charge in [-0.1, -0.05) is 56.3 Å². The lowest BCUT2D eigenvalue weighted by Crippen LogP contribution is -2.43. The Balaban J connectivity index is 1.77. The predicted octanol–water partition coefficient (Wildman–Crippen LogP) is 3.71. The lowest BCUT2D eigenvalue weighted by molar-refractivity contribution is -0.136. The van der Waals surface area contributed by atoms with Crippen molar-refractivity contribution in [2.24, 2.45) is 0 Å². The average Bonchev–Trinajstić information content (AvgIpc) is 3.04. The highest BCUT2D eigenvalue weighted by molar-refractivity contribution is 7.91. The topological polar surface area (TPSA) is 63.7 Å². The van der Waals surface area contributed by atoms with Gasteiger partial charge in [0.05, 0.1) is 11.5 Å². The summed E-state index contributed by atoms with van der Waals surface area (Å²) in [5.74, 6) is 0.958. The fourth-order valence-corrected chi connectivity index (χ4v) is 5.42. The van der Waals surface area contributed by atoms with Crippen LogP contribution in [0.15, 0.2) is 48.5 Å². The average molecular weight is 416 g/mol. The van der Waals surface area contributed by atoms with Crippen LogP contribution in [-0.2, 0) is 21.2 Å². The molecular formula is C23H29NO4S. The maximum atomic E-state index is 13.1. The van der Waals surface area contributed by atoms with Crippen molar-refractivity contribution in [1.29, 1.82) is 0 Å². The van der Waals surface area contributed by atoms with Crippen molar-refractivity contribution in [1.82, 2.24) is 4.90 Å².